The van der Waals surface area contributed by atoms with Crippen LogP contribution in [0.25, 0.3) is 0 Å². The van der Waals surface area contributed by atoms with Crippen LogP contribution in [0.2, 0.25) is 0 Å². The second-order valence-corrected chi connectivity index (χ2v) is 11.2. The Bertz CT molecular complexity index is 787. The molecule has 28 heavy (non-hydrogen) atoms. The van der Waals surface area contributed by atoms with Gasteiger partial charge in [-0.3, -0.25) is 0 Å². The van der Waals surface area contributed by atoms with E-state index in [1.807, 2.05) is 25.1 Å². The highest BCUT2D eigenvalue weighted by molar-refractivity contribution is 7.89. The Morgan fingerprint density at radius 1 is 1.18 bits per heavy atom. The van der Waals surface area contributed by atoms with Gasteiger partial charge in [0.2, 0.25) is 10.0 Å². The lowest BCUT2D eigenvalue weighted by molar-refractivity contribution is 0.0482. The highest BCUT2D eigenvalue weighted by Crippen LogP contribution is 2.43. The molecule has 2 unspecified atom stereocenters. The van der Waals surface area contributed by atoms with E-state index < -0.39 is 10.0 Å². The van der Waals surface area contributed by atoms with Crippen LogP contribution >= 0.6 is 0 Å². The van der Waals surface area contributed by atoms with Gasteiger partial charge in [-0.1, -0.05) is 25.1 Å². The van der Waals surface area contributed by atoms with Gasteiger partial charge in [-0.2, -0.15) is 4.31 Å². The molecule has 0 aliphatic carbocycles. The molecule has 156 valence electrons. The van der Waals surface area contributed by atoms with Gasteiger partial charge in [-0.05, 0) is 68.5 Å². The van der Waals surface area contributed by atoms with Gasteiger partial charge in [0.25, 0.3) is 0 Å². The lowest BCUT2D eigenvalue weighted by atomic mass is 9.77. The summed E-state index contributed by atoms with van der Waals surface area (Å²) in [7, 11) is -3.40. The van der Waals surface area contributed by atoms with E-state index in [4.69, 9.17) is 4.74 Å². The maximum atomic E-state index is 13.1. The third kappa shape index (κ3) is 4.16. The van der Waals surface area contributed by atoms with Crippen molar-refractivity contribution < 1.29 is 13.2 Å². The smallest absolute Gasteiger partial charge is 0.243 e. The van der Waals surface area contributed by atoms with E-state index >= 15 is 0 Å². The molecular formula is C22H34N2O3S. The molecule has 6 heteroatoms. The van der Waals surface area contributed by atoms with Crippen molar-refractivity contribution in [1.29, 1.82) is 0 Å². The van der Waals surface area contributed by atoms with Crippen LogP contribution in [0.5, 0.6) is 0 Å². The Kier molecular flexibility index (Phi) is 5.85. The van der Waals surface area contributed by atoms with Gasteiger partial charge in [0.1, 0.15) is 0 Å². The van der Waals surface area contributed by atoms with Gasteiger partial charge in [0, 0.05) is 26.2 Å². The fraction of sp³-hybridized carbons (Fsp3) is 0.727. The van der Waals surface area contributed by atoms with E-state index in [0.717, 1.165) is 43.9 Å². The molecule has 1 spiro atoms. The average molecular weight is 407 g/mol. The lowest BCUT2D eigenvalue weighted by Gasteiger charge is -2.38. The molecule has 0 radical (unpaired) electrons. The van der Waals surface area contributed by atoms with E-state index in [1.54, 1.807) is 10.4 Å². The number of hydrogen-bond donors (Lipinski definition) is 0. The van der Waals surface area contributed by atoms with Gasteiger partial charge in [0.15, 0.2) is 0 Å². The molecule has 2 atom stereocenters. The minimum atomic E-state index is -3.40. The summed E-state index contributed by atoms with van der Waals surface area (Å²) < 4.78 is 34.0. The van der Waals surface area contributed by atoms with E-state index in [0.29, 0.717) is 24.1 Å². The van der Waals surface area contributed by atoms with Crippen molar-refractivity contribution in [1.82, 2.24) is 9.21 Å². The molecule has 0 bridgehead atoms. The number of sulfonamides is 1. The first kappa shape index (κ1) is 20.3. The van der Waals surface area contributed by atoms with Gasteiger partial charge in [-0.25, -0.2) is 8.42 Å². The predicted molar refractivity (Wildman–Crippen MR) is 111 cm³/mol. The second-order valence-electron chi connectivity index (χ2n) is 9.31. The quantitative estimate of drug-likeness (QED) is 0.770. The average Bonchev–Trinajstić information content (AvgIpc) is 3.04. The van der Waals surface area contributed by atoms with Crippen molar-refractivity contribution in [3.05, 3.63) is 29.8 Å². The van der Waals surface area contributed by atoms with Crippen LogP contribution in [0.3, 0.4) is 0 Å². The van der Waals surface area contributed by atoms with Crippen LogP contribution in [0.1, 0.15) is 44.6 Å². The number of hydrogen-bond acceptors (Lipinski definition) is 4. The SMILES string of the molecule is Cc1ccccc1S(=O)(=O)N1CCC2(CC1)COC(CN1CCCC(C)C1)C2. The zero-order valence-corrected chi connectivity index (χ0v) is 18.1. The molecule has 5 nitrogen and oxygen atoms in total. The monoisotopic (exact) mass is 406 g/mol. The fourth-order valence-electron chi connectivity index (χ4n) is 5.29. The summed E-state index contributed by atoms with van der Waals surface area (Å²) in [6.45, 7) is 9.63. The van der Waals surface area contributed by atoms with Crippen molar-refractivity contribution in [2.24, 2.45) is 11.3 Å². The Hall–Kier alpha value is -0.950. The highest BCUT2D eigenvalue weighted by atomic mass is 32.2. The lowest BCUT2D eigenvalue weighted by Crippen LogP contribution is -2.44. The number of piperidine rings is 2. The normalized spacial score (nSPS) is 29.4. The van der Waals surface area contributed by atoms with Gasteiger partial charge in [-0.15, -0.1) is 0 Å². The van der Waals surface area contributed by atoms with Crippen LogP contribution in [0.4, 0.5) is 0 Å². The molecule has 0 saturated carbocycles. The number of benzene rings is 1. The Labute approximate surface area is 170 Å². The van der Waals surface area contributed by atoms with Crippen LogP contribution in [-0.2, 0) is 14.8 Å². The third-order valence-electron chi connectivity index (χ3n) is 6.98. The molecule has 3 aliphatic heterocycles. The number of likely N-dealkylation sites (tertiary alicyclic amines) is 1. The molecule has 1 aromatic rings. The van der Waals surface area contributed by atoms with Crippen molar-refractivity contribution in [3.8, 4) is 0 Å². The molecule has 0 aromatic heterocycles. The van der Waals surface area contributed by atoms with Crippen LogP contribution in [0, 0.1) is 18.3 Å². The van der Waals surface area contributed by atoms with Crippen molar-refractivity contribution in [2.75, 3.05) is 39.3 Å². The Morgan fingerprint density at radius 2 is 1.93 bits per heavy atom. The summed E-state index contributed by atoms with van der Waals surface area (Å²) in [5, 5.41) is 0. The first-order valence-corrected chi connectivity index (χ1v) is 12.2. The van der Waals surface area contributed by atoms with E-state index in [2.05, 4.69) is 11.8 Å². The van der Waals surface area contributed by atoms with Crippen LogP contribution in [-0.4, -0.2) is 63.1 Å². The summed E-state index contributed by atoms with van der Waals surface area (Å²) in [6.07, 6.45) is 5.85. The maximum absolute atomic E-state index is 13.1. The predicted octanol–water partition coefficient (Wildman–Crippen LogP) is 3.29. The minimum Gasteiger partial charge on any atom is -0.376 e. The molecule has 0 N–H and O–H groups in total. The summed E-state index contributed by atoms with van der Waals surface area (Å²) in [5.41, 5.74) is 0.993. The zero-order valence-electron chi connectivity index (χ0n) is 17.3. The molecular weight excluding hydrogens is 372 g/mol. The van der Waals surface area contributed by atoms with Gasteiger partial charge < -0.3 is 9.64 Å². The first-order valence-electron chi connectivity index (χ1n) is 10.8. The summed E-state index contributed by atoms with van der Waals surface area (Å²) in [4.78, 5) is 3.01. The maximum Gasteiger partial charge on any atom is 0.243 e. The van der Waals surface area contributed by atoms with E-state index in [1.165, 1.54) is 25.9 Å². The van der Waals surface area contributed by atoms with Crippen LogP contribution < -0.4 is 0 Å². The third-order valence-corrected chi connectivity index (χ3v) is 9.04. The molecule has 3 saturated heterocycles. The second kappa shape index (κ2) is 8.05. The van der Waals surface area contributed by atoms with Crippen molar-refractivity contribution >= 4 is 10.0 Å². The number of nitrogens with zero attached hydrogens (tertiary/aromatic N) is 2. The Balaban J connectivity index is 1.34. The highest BCUT2D eigenvalue weighted by Gasteiger charge is 2.44. The van der Waals surface area contributed by atoms with E-state index in [-0.39, 0.29) is 5.41 Å². The fourth-order valence-corrected chi connectivity index (χ4v) is 6.95. The molecule has 3 heterocycles. The summed E-state index contributed by atoms with van der Waals surface area (Å²) in [6, 6.07) is 7.29. The first-order chi connectivity index (χ1) is 13.4. The topological polar surface area (TPSA) is 49.9 Å². The molecule has 0 amide bonds. The van der Waals surface area contributed by atoms with Gasteiger partial charge >= 0.3 is 0 Å². The minimum absolute atomic E-state index is 0.170. The molecule has 3 aliphatic rings. The van der Waals surface area contributed by atoms with Crippen molar-refractivity contribution in [2.45, 2.75) is 57.0 Å². The Morgan fingerprint density at radius 3 is 2.64 bits per heavy atom. The number of ether oxygens (including phenoxy) is 1. The summed E-state index contributed by atoms with van der Waals surface area (Å²) >= 11 is 0. The molecule has 1 aromatic carbocycles. The number of rotatable bonds is 4. The van der Waals surface area contributed by atoms with Gasteiger partial charge in [0.05, 0.1) is 17.6 Å². The van der Waals surface area contributed by atoms with Crippen molar-refractivity contribution in [3.63, 3.8) is 0 Å². The zero-order chi connectivity index (χ0) is 19.8. The largest absolute Gasteiger partial charge is 0.376 e. The molecule has 4 rings (SSSR count). The van der Waals surface area contributed by atoms with Crippen LogP contribution in [0.15, 0.2) is 29.2 Å². The standard InChI is InChI=1S/C22H34N2O3S/c1-18-6-5-11-23(15-18)16-20-14-22(17-27-20)9-12-24(13-10-22)28(25,26)21-8-4-3-7-19(21)2/h3-4,7-8,18,20H,5-6,9-17H2,1-2H3. The number of aryl methyl sites for hydroxylation is 1. The molecule has 3 fully saturated rings. The van der Waals surface area contributed by atoms with E-state index in [9.17, 15) is 8.42 Å². The summed E-state index contributed by atoms with van der Waals surface area (Å²) in [5.74, 6) is 0.791.